The van der Waals surface area contributed by atoms with E-state index in [-0.39, 0.29) is 29.4 Å². The number of amides is 1. The number of aromatic nitrogens is 1. The Bertz CT molecular complexity index is 908. The largest absolute Gasteiger partial charge is 0.497 e. The van der Waals surface area contributed by atoms with Gasteiger partial charge in [-0.15, -0.1) is 0 Å². The van der Waals surface area contributed by atoms with Gasteiger partial charge in [0.05, 0.1) is 13.7 Å². The Morgan fingerprint density at radius 2 is 2.07 bits per heavy atom. The summed E-state index contributed by atoms with van der Waals surface area (Å²) in [4.78, 5) is 29.9. The monoisotopic (exact) mass is 369 g/mol. The van der Waals surface area contributed by atoms with Crippen molar-refractivity contribution in [2.24, 2.45) is 11.3 Å². The second kappa shape index (κ2) is 6.83. The number of aromatic amines is 1. The predicted molar refractivity (Wildman–Crippen MR) is 101 cm³/mol. The lowest BCUT2D eigenvalue weighted by atomic mass is 9.82. The molecule has 0 saturated carbocycles. The molecular formula is C20H23N3O4. The number of pyridine rings is 1. The molecule has 7 nitrogen and oxygen atoms in total. The summed E-state index contributed by atoms with van der Waals surface area (Å²) in [5, 5.41) is 13.1. The van der Waals surface area contributed by atoms with Gasteiger partial charge in [-0.2, -0.15) is 0 Å². The van der Waals surface area contributed by atoms with Crippen LogP contribution in [0.25, 0.3) is 11.3 Å². The van der Waals surface area contributed by atoms with Crippen molar-refractivity contribution in [3.05, 3.63) is 52.3 Å². The van der Waals surface area contributed by atoms with Crippen LogP contribution in [0.5, 0.6) is 5.75 Å². The van der Waals surface area contributed by atoms with E-state index in [1.165, 1.54) is 0 Å². The van der Waals surface area contributed by atoms with Gasteiger partial charge in [0, 0.05) is 37.3 Å². The quantitative estimate of drug-likeness (QED) is 0.738. The van der Waals surface area contributed by atoms with Crippen molar-refractivity contribution in [3.8, 4) is 17.0 Å². The zero-order valence-corrected chi connectivity index (χ0v) is 15.2. The number of hydrogen-bond acceptors (Lipinski definition) is 5. The summed E-state index contributed by atoms with van der Waals surface area (Å²) in [7, 11) is 1.60. The number of fused-ring (bicyclic) bond motifs is 1. The Balaban J connectivity index is 1.56. The van der Waals surface area contributed by atoms with Crippen LogP contribution in [-0.2, 0) is 0 Å². The lowest BCUT2D eigenvalue weighted by Crippen LogP contribution is -2.39. The van der Waals surface area contributed by atoms with Crippen LogP contribution < -0.4 is 15.6 Å². The fraction of sp³-hybridized carbons (Fsp3) is 0.400. The van der Waals surface area contributed by atoms with Gasteiger partial charge >= 0.3 is 0 Å². The van der Waals surface area contributed by atoms with Gasteiger partial charge < -0.3 is 25.0 Å². The normalized spacial score (nSPS) is 24.1. The molecular weight excluding hydrogens is 346 g/mol. The number of nitrogens with zero attached hydrogens (tertiary/aromatic N) is 1. The van der Waals surface area contributed by atoms with Gasteiger partial charge in [-0.1, -0.05) is 0 Å². The van der Waals surface area contributed by atoms with E-state index in [2.05, 4.69) is 10.3 Å². The van der Waals surface area contributed by atoms with E-state index in [9.17, 15) is 14.7 Å². The third-order valence-electron chi connectivity index (χ3n) is 5.82. The minimum atomic E-state index is -0.401. The maximum Gasteiger partial charge on any atom is 0.261 e. The van der Waals surface area contributed by atoms with E-state index >= 15 is 0 Å². The average molecular weight is 369 g/mol. The summed E-state index contributed by atoms with van der Waals surface area (Å²) >= 11 is 0. The van der Waals surface area contributed by atoms with Crippen LogP contribution in [0, 0.1) is 11.3 Å². The minimum Gasteiger partial charge on any atom is -0.497 e. The lowest BCUT2D eigenvalue weighted by molar-refractivity contribution is 0.0743. The number of nitrogens with one attached hydrogen (secondary N) is 2. The van der Waals surface area contributed by atoms with Crippen molar-refractivity contribution in [1.82, 2.24) is 15.2 Å². The maximum absolute atomic E-state index is 12.9. The first-order chi connectivity index (χ1) is 13.1. The summed E-state index contributed by atoms with van der Waals surface area (Å²) in [6.07, 6.45) is 0. The molecule has 0 radical (unpaired) electrons. The Kier molecular flexibility index (Phi) is 4.49. The Morgan fingerprint density at radius 1 is 1.30 bits per heavy atom. The molecule has 2 aromatic rings. The van der Waals surface area contributed by atoms with Crippen LogP contribution in [0.4, 0.5) is 0 Å². The standard InChI is InChI=1S/C20H23N3O4/c1-27-15-4-2-13(3-5-15)17-7-6-16(18(25)22-17)19(26)23-9-14-8-21-10-20(14,11-23)12-24/h2-7,14,21,24H,8-12H2,1H3,(H,22,25). The molecule has 1 aromatic heterocycles. The summed E-state index contributed by atoms with van der Waals surface area (Å²) in [5.41, 5.74) is 0.933. The summed E-state index contributed by atoms with van der Waals surface area (Å²) in [5.74, 6) is 0.684. The molecule has 0 spiro atoms. The summed E-state index contributed by atoms with van der Waals surface area (Å²) < 4.78 is 5.14. The van der Waals surface area contributed by atoms with Crippen molar-refractivity contribution >= 4 is 5.91 Å². The molecule has 27 heavy (non-hydrogen) atoms. The number of likely N-dealkylation sites (tertiary alicyclic amines) is 1. The van der Waals surface area contributed by atoms with E-state index < -0.39 is 5.56 Å². The van der Waals surface area contributed by atoms with Crippen molar-refractivity contribution < 1.29 is 14.6 Å². The first-order valence-electron chi connectivity index (χ1n) is 9.05. The van der Waals surface area contributed by atoms with Gasteiger partial charge in [0.1, 0.15) is 11.3 Å². The van der Waals surface area contributed by atoms with E-state index in [1.54, 1.807) is 24.1 Å². The number of hydrogen-bond donors (Lipinski definition) is 3. The van der Waals surface area contributed by atoms with E-state index in [1.807, 2.05) is 24.3 Å². The van der Waals surface area contributed by atoms with Gasteiger partial charge in [0.2, 0.25) is 0 Å². The highest BCUT2D eigenvalue weighted by atomic mass is 16.5. The van der Waals surface area contributed by atoms with E-state index in [4.69, 9.17) is 4.74 Å². The molecule has 2 atom stereocenters. The number of aliphatic hydroxyl groups excluding tert-OH is 1. The lowest BCUT2D eigenvalue weighted by Gasteiger charge is -2.25. The number of ether oxygens (including phenoxy) is 1. The average Bonchev–Trinajstić information content (AvgIpc) is 3.25. The van der Waals surface area contributed by atoms with Crippen molar-refractivity contribution in [2.45, 2.75) is 0 Å². The Hall–Kier alpha value is -2.64. The second-order valence-electron chi connectivity index (χ2n) is 7.38. The third kappa shape index (κ3) is 3.02. The summed E-state index contributed by atoms with van der Waals surface area (Å²) in [6.45, 7) is 2.56. The van der Waals surface area contributed by atoms with Gasteiger partial charge in [-0.05, 0) is 47.9 Å². The fourth-order valence-corrected chi connectivity index (χ4v) is 4.15. The van der Waals surface area contributed by atoms with E-state index in [0.717, 1.165) is 17.9 Å². The highest BCUT2D eigenvalue weighted by molar-refractivity contribution is 5.94. The van der Waals surface area contributed by atoms with E-state index in [0.29, 0.717) is 25.3 Å². The Labute approximate surface area is 157 Å². The van der Waals surface area contributed by atoms with Crippen LogP contribution >= 0.6 is 0 Å². The molecule has 0 aliphatic carbocycles. The fourth-order valence-electron chi connectivity index (χ4n) is 4.15. The minimum absolute atomic E-state index is 0.0429. The van der Waals surface area contributed by atoms with Crippen LogP contribution in [0.3, 0.4) is 0 Å². The Morgan fingerprint density at radius 3 is 2.70 bits per heavy atom. The van der Waals surface area contributed by atoms with Gasteiger partial charge in [0.25, 0.3) is 11.5 Å². The third-order valence-corrected chi connectivity index (χ3v) is 5.82. The van der Waals surface area contributed by atoms with Crippen molar-refractivity contribution in [1.29, 1.82) is 0 Å². The highest BCUT2D eigenvalue weighted by Gasteiger charge is 2.50. The molecule has 7 heteroatoms. The first kappa shape index (κ1) is 17.8. The number of aliphatic hydroxyl groups is 1. The smallest absolute Gasteiger partial charge is 0.261 e. The number of carbonyl (C=O) groups excluding carboxylic acids is 1. The number of H-pyrrole nitrogens is 1. The number of benzene rings is 1. The molecule has 2 fully saturated rings. The number of methoxy groups -OCH3 is 1. The van der Waals surface area contributed by atoms with Gasteiger partial charge in [0.15, 0.2) is 0 Å². The summed E-state index contributed by atoms with van der Waals surface area (Å²) in [6, 6.07) is 10.7. The molecule has 1 amide bonds. The van der Waals surface area contributed by atoms with Crippen molar-refractivity contribution in [3.63, 3.8) is 0 Å². The number of carbonyl (C=O) groups is 1. The zero-order valence-electron chi connectivity index (χ0n) is 15.2. The molecule has 4 rings (SSSR count). The van der Waals surface area contributed by atoms with Gasteiger partial charge in [-0.25, -0.2) is 0 Å². The van der Waals surface area contributed by atoms with Crippen LogP contribution in [-0.4, -0.2) is 60.8 Å². The van der Waals surface area contributed by atoms with Crippen LogP contribution in [0.1, 0.15) is 10.4 Å². The first-order valence-corrected chi connectivity index (χ1v) is 9.05. The highest BCUT2D eigenvalue weighted by Crippen LogP contribution is 2.38. The molecule has 3 N–H and O–H groups in total. The second-order valence-corrected chi connectivity index (χ2v) is 7.38. The molecule has 2 aliphatic rings. The number of rotatable bonds is 4. The molecule has 2 aliphatic heterocycles. The SMILES string of the molecule is COc1ccc(-c2ccc(C(=O)N3CC4CNCC4(CO)C3)c(=O)[nH]2)cc1. The molecule has 142 valence electrons. The molecule has 3 heterocycles. The topological polar surface area (TPSA) is 94.7 Å². The van der Waals surface area contributed by atoms with Crippen LogP contribution in [0.15, 0.2) is 41.2 Å². The van der Waals surface area contributed by atoms with Crippen LogP contribution in [0.2, 0.25) is 0 Å². The molecule has 1 aromatic carbocycles. The maximum atomic E-state index is 12.9. The van der Waals surface area contributed by atoms with Gasteiger partial charge in [-0.3, -0.25) is 9.59 Å². The van der Waals surface area contributed by atoms with Crippen molar-refractivity contribution in [2.75, 3.05) is 39.9 Å². The molecule has 2 saturated heterocycles. The molecule has 0 bridgehead atoms. The zero-order chi connectivity index (χ0) is 19.0. The molecule has 2 unspecified atom stereocenters. The predicted octanol–water partition coefficient (Wildman–Crippen LogP) is 0.704.